The molecule has 4 rings (SSSR count). The van der Waals surface area contributed by atoms with Crippen LogP contribution in [-0.4, -0.2) is 22.0 Å². The van der Waals surface area contributed by atoms with E-state index >= 15 is 0 Å². The van der Waals surface area contributed by atoms with E-state index in [1.54, 1.807) is 31.2 Å². The second-order valence-corrected chi connectivity index (χ2v) is 6.33. The third-order valence-electron chi connectivity index (χ3n) is 4.56. The largest absolute Gasteiger partial charge is 0.477 e. The van der Waals surface area contributed by atoms with Crippen molar-refractivity contribution in [1.29, 1.82) is 0 Å². The van der Waals surface area contributed by atoms with Crippen molar-refractivity contribution in [1.82, 2.24) is 4.98 Å². The molecule has 2 aromatic carbocycles. The number of nitrogens with one attached hydrogen (secondary N) is 2. The van der Waals surface area contributed by atoms with Gasteiger partial charge in [-0.3, -0.25) is 4.79 Å². The highest BCUT2D eigenvalue weighted by molar-refractivity contribution is 6.36. The van der Waals surface area contributed by atoms with Gasteiger partial charge in [-0.25, -0.2) is 9.18 Å². The predicted octanol–water partition coefficient (Wildman–Crippen LogP) is 4.32. The van der Waals surface area contributed by atoms with Gasteiger partial charge >= 0.3 is 5.97 Å². The number of benzene rings is 2. The number of hydrogen-bond donors (Lipinski definition) is 3. The molecule has 0 fully saturated rings. The normalized spacial score (nSPS) is 14.3. The Kier molecular flexibility index (Phi) is 3.88. The van der Waals surface area contributed by atoms with Crippen LogP contribution in [0, 0.1) is 12.7 Å². The number of carbonyl (C=O) groups is 2. The maximum atomic E-state index is 13.3. The van der Waals surface area contributed by atoms with Gasteiger partial charge in [0.1, 0.15) is 11.5 Å². The molecule has 2 heterocycles. The number of hydrogen-bond acceptors (Lipinski definition) is 2. The van der Waals surface area contributed by atoms with Crippen molar-refractivity contribution in [2.24, 2.45) is 0 Å². The summed E-state index contributed by atoms with van der Waals surface area (Å²) < 4.78 is 13.3. The molecule has 27 heavy (non-hydrogen) atoms. The first kappa shape index (κ1) is 16.8. The van der Waals surface area contributed by atoms with Crippen molar-refractivity contribution in [2.45, 2.75) is 6.92 Å². The molecule has 3 N–H and O–H groups in total. The van der Waals surface area contributed by atoms with Crippen molar-refractivity contribution in [2.75, 3.05) is 5.32 Å². The quantitative estimate of drug-likeness (QED) is 0.607. The zero-order chi connectivity index (χ0) is 19.1. The molecular weight excluding hydrogens is 347 g/mol. The minimum absolute atomic E-state index is 0.0600. The molecule has 3 aromatic rings. The number of carboxylic acid groups (broad SMARTS) is 1. The molecular formula is C21H15FN2O3. The molecule has 1 aliphatic rings. The first-order valence-corrected chi connectivity index (χ1v) is 8.29. The van der Waals surface area contributed by atoms with E-state index in [2.05, 4.69) is 10.3 Å². The summed E-state index contributed by atoms with van der Waals surface area (Å²) >= 11 is 0. The Morgan fingerprint density at radius 1 is 1.15 bits per heavy atom. The van der Waals surface area contributed by atoms with Crippen LogP contribution in [0.2, 0.25) is 0 Å². The smallest absolute Gasteiger partial charge is 0.352 e. The lowest BCUT2D eigenvalue weighted by atomic mass is 9.94. The highest BCUT2D eigenvalue weighted by Gasteiger charge is 2.27. The third kappa shape index (κ3) is 2.91. The van der Waals surface area contributed by atoms with E-state index in [0.29, 0.717) is 22.5 Å². The second kappa shape index (κ2) is 6.25. The lowest BCUT2D eigenvalue weighted by Gasteiger charge is -2.08. The Balaban J connectivity index is 1.88. The van der Waals surface area contributed by atoms with Gasteiger partial charge in [-0.2, -0.15) is 0 Å². The lowest BCUT2D eigenvalue weighted by Crippen LogP contribution is -2.03. The Hall–Kier alpha value is -3.67. The summed E-state index contributed by atoms with van der Waals surface area (Å²) in [7, 11) is 0. The van der Waals surface area contributed by atoms with E-state index in [4.69, 9.17) is 5.11 Å². The minimum Gasteiger partial charge on any atom is -0.477 e. The first-order valence-electron chi connectivity index (χ1n) is 8.29. The highest BCUT2D eigenvalue weighted by atomic mass is 19.1. The van der Waals surface area contributed by atoms with Crippen LogP contribution in [0.15, 0.2) is 48.5 Å². The number of fused-ring (bicyclic) bond motifs is 1. The molecule has 1 amide bonds. The molecule has 5 nitrogen and oxygen atoms in total. The molecule has 0 unspecified atom stereocenters. The molecule has 0 saturated carbocycles. The summed E-state index contributed by atoms with van der Waals surface area (Å²) in [5.74, 6) is -1.67. The average molecular weight is 362 g/mol. The number of aromatic amines is 1. The third-order valence-corrected chi connectivity index (χ3v) is 4.56. The summed E-state index contributed by atoms with van der Waals surface area (Å²) in [5, 5.41) is 12.0. The fraction of sp³-hybridized carbons (Fsp3) is 0.0476. The fourth-order valence-electron chi connectivity index (χ4n) is 3.24. The van der Waals surface area contributed by atoms with Gasteiger partial charge < -0.3 is 15.4 Å². The average Bonchev–Trinajstić information content (AvgIpc) is 3.16. The van der Waals surface area contributed by atoms with Gasteiger partial charge in [-0.15, -0.1) is 0 Å². The van der Waals surface area contributed by atoms with Crippen LogP contribution in [0.3, 0.4) is 0 Å². The van der Waals surface area contributed by atoms with Gasteiger partial charge in [0, 0.05) is 16.9 Å². The van der Waals surface area contributed by atoms with Crippen LogP contribution in [0.25, 0.3) is 22.8 Å². The van der Waals surface area contributed by atoms with Gasteiger partial charge in [-0.05, 0) is 54.0 Å². The number of halogens is 1. The molecule has 0 bridgehead atoms. The Morgan fingerprint density at radius 2 is 1.89 bits per heavy atom. The molecule has 0 saturated heterocycles. The van der Waals surface area contributed by atoms with E-state index in [1.807, 2.05) is 12.1 Å². The zero-order valence-electron chi connectivity index (χ0n) is 14.3. The first-order chi connectivity index (χ1) is 12.9. The van der Waals surface area contributed by atoms with Gasteiger partial charge in [0.2, 0.25) is 0 Å². The van der Waals surface area contributed by atoms with Crippen LogP contribution in [0.1, 0.15) is 27.3 Å². The van der Waals surface area contributed by atoms with E-state index in [9.17, 15) is 14.0 Å². The van der Waals surface area contributed by atoms with Crippen LogP contribution in [0.4, 0.5) is 10.1 Å². The summed E-state index contributed by atoms with van der Waals surface area (Å²) in [6, 6.07) is 13.1. The predicted molar refractivity (Wildman–Crippen MR) is 101 cm³/mol. The molecule has 1 aliphatic heterocycles. The molecule has 0 atom stereocenters. The maximum absolute atomic E-state index is 13.3. The van der Waals surface area contributed by atoms with Crippen molar-refractivity contribution < 1.29 is 19.1 Å². The van der Waals surface area contributed by atoms with E-state index < -0.39 is 5.97 Å². The maximum Gasteiger partial charge on any atom is 0.352 e. The molecule has 134 valence electrons. The van der Waals surface area contributed by atoms with Gasteiger partial charge in [0.05, 0.1) is 5.57 Å². The standard InChI is InChI=1S/C21H15FN2O3/c1-11-9-18(21(26)27)23-17(11)10-15-19-14(12-5-7-13(22)8-6-12)3-2-4-16(19)24-20(15)25/h2-10,23H,1H3,(H,24,25)(H,26,27)/b15-10-. The van der Waals surface area contributed by atoms with Gasteiger partial charge in [0.15, 0.2) is 0 Å². The summed E-state index contributed by atoms with van der Waals surface area (Å²) in [5.41, 5.74) is 4.71. The number of carbonyl (C=O) groups excluding carboxylic acids is 1. The van der Waals surface area contributed by atoms with Crippen LogP contribution >= 0.6 is 0 Å². The second-order valence-electron chi connectivity index (χ2n) is 6.33. The number of aryl methyl sites for hydroxylation is 1. The number of aromatic nitrogens is 1. The van der Waals surface area contributed by atoms with Crippen LogP contribution < -0.4 is 5.32 Å². The summed E-state index contributed by atoms with van der Waals surface area (Å²) in [6.07, 6.45) is 1.65. The Labute approximate surface area is 154 Å². The van der Waals surface area contributed by atoms with Crippen molar-refractivity contribution >= 4 is 29.2 Å². The van der Waals surface area contributed by atoms with E-state index in [-0.39, 0.29) is 17.4 Å². The number of rotatable bonds is 3. The SMILES string of the molecule is Cc1cc(C(=O)O)[nH]c1/C=C1\C(=O)Nc2cccc(-c3ccc(F)cc3)c21. The number of anilines is 1. The van der Waals surface area contributed by atoms with Crippen LogP contribution in [-0.2, 0) is 4.79 Å². The number of H-pyrrole nitrogens is 1. The monoisotopic (exact) mass is 362 g/mol. The molecule has 0 aliphatic carbocycles. The molecule has 0 radical (unpaired) electrons. The number of amides is 1. The summed E-state index contributed by atoms with van der Waals surface area (Å²) in [4.78, 5) is 26.5. The van der Waals surface area contributed by atoms with Crippen molar-refractivity contribution in [3.63, 3.8) is 0 Å². The summed E-state index contributed by atoms with van der Waals surface area (Å²) in [6.45, 7) is 1.77. The lowest BCUT2D eigenvalue weighted by molar-refractivity contribution is -0.110. The topological polar surface area (TPSA) is 82.2 Å². The van der Waals surface area contributed by atoms with Gasteiger partial charge in [-0.1, -0.05) is 24.3 Å². The van der Waals surface area contributed by atoms with E-state index in [0.717, 1.165) is 16.7 Å². The zero-order valence-corrected chi connectivity index (χ0v) is 14.3. The van der Waals surface area contributed by atoms with Crippen molar-refractivity contribution in [3.8, 4) is 11.1 Å². The van der Waals surface area contributed by atoms with Crippen molar-refractivity contribution in [3.05, 3.63) is 76.9 Å². The van der Waals surface area contributed by atoms with E-state index in [1.165, 1.54) is 18.2 Å². The Morgan fingerprint density at radius 3 is 2.56 bits per heavy atom. The fourth-order valence-corrected chi connectivity index (χ4v) is 3.24. The highest BCUT2D eigenvalue weighted by Crippen LogP contribution is 2.40. The molecule has 0 spiro atoms. The minimum atomic E-state index is -1.06. The van der Waals surface area contributed by atoms with Crippen LogP contribution in [0.5, 0.6) is 0 Å². The van der Waals surface area contributed by atoms with Gasteiger partial charge in [0.25, 0.3) is 5.91 Å². The molecule has 1 aromatic heterocycles. The molecule has 6 heteroatoms. The number of carboxylic acids is 1. The number of aromatic carboxylic acids is 1. The Bertz CT molecular complexity index is 1110.